The second kappa shape index (κ2) is 6.58. The smallest absolute Gasteiger partial charge is 0.364 e. The van der Waals surface area contributed by atoms with Crippen molar-refractivity contribution in [3.63, 3.8) is 0 Å². The van der Waals surface area contributed by atoms with Gasteiger partial charge in [0.1, 0.15) is 6.61 Å². The summed E-state index contributed by atoms with van der Waals surface area (Å²) in [6.45, 7) is 5.36. The Morgan fingerprint density at radius 3 is 2.70 bits per heavy atom. The van der Waals surface area contributed by atoms with Crippen LogP contribution in [0.3, 0.4) is 0 Å². The van der Waals surface area contributed by atoms with Crippen molar-refractivity contribution in [2.75, 3.05) is 6.61 Å². The first-order valence-corrected chi connectivity index (χ1v) is 2.79. The number of hydrogen-bond donors (Lipinski definition) is 1. The van der Waals surface area contributed by atoms with Crippen molar-refractivity contribution in [3.05, 3.63) is 12.7 Å². The zero-order valence-corrected chi connectivity index (χ0v) is 6.73. The molecule has 1 atom stereocenters. The SMILES string of the molecule is C=CCOC(=O)[C@H](C)[NH3+].[Cl-]. The van der Waals surface area contributed by atoms with Gasteiger partial charge in [-0.1, -0.05) is 12.7 Å². The van der Waals surface area contributed by atoms with Gasteiger partial charge in [0.15, 0.2) is 6.04 Å². The van der Waals surface area contributed by atoms with Crippen LogP contribution in [0, 0.1) is 0 Å². The Morgan fingerprint density at radius 1 is 1.90 bits per heavy atom. The molecule has 10 heavy (non-hydrogen) atoms. The molecule has 0 aliphatic heterocycles. The van der Waals surface area contributed by atoms with Crippen molar-refractivity contribution < 1.29 is 27.7 Å². The highest BCUT2D eigenvalue weighted by atomic mass is 35.5. The Bertz CT molecular complexity index is 114. The van der Waals surface area contributed by atoms with Crippen LogP contribution < -0.4 is 18.1 Å². The number of hydrogen-bond acceptors (Lipinski definition) is 2. The van der Waals surface area contributed by atoms with Gasteiger partial charge in [-0.25, -0.2) is 4.79 Å². The molecule has 0 aromatic rings. The molecule has 4 heteroatoms. The zero-order chi connectivity index (χ0) is 7.28. The molecule has 0 aliphatic carbocycles. The van der Waals surface area contributed by atoms with Gasteiger partial charge in [-0.15, -0.1) is 0 Å². The minimum absolute atomic E-state index is 0. The first kappa shape index (κ1) is 12.2. The van der Waals surface area contributed by atoms with Crippen LogP contribution in [0.15, 0.2) is 12.7 Å². The topological polar surface area (TPSA) is 53.9 Å². The van der Waals surface area contributed by atoms with Gasteiger partial charge in [0, 0.05) is 0 Å². The van der Waals surface area contributed by atoms with E-state index in [2.05, 4.69) is 17.0 Å². The van der Waals surface area contributed by atoms with Crippen LogP contribution in [-0.4, -0.2) is 18.6 Å². The third kappa shape index (κ3) is 5.59. The maximum absolute atomic E-state index is 10.6. The molecule has 60 valence electrons. The number of quaternary nitrogens is 1. The molecule has 0 aliphatic rings. The van der Waals surface area contributed by atoms with Gasteiger partial charge in [-0.3, -0.25) is 0 Å². The lowest BCUT2D eigenvalue weighted by atomic mass is 10.4. The first-order chi connectivity index (χ1) is 4.18. The predicted molar refractivity (Wildman–Crippen MR) is 33.5 cm³/mol. The summed E-state index contributed by atoms with van der Waals surface area (Å²) >= 11 is 0. The zero-order valence-electron chi connectivity index (χ0n) is 5.97. The van der Waals surface area contributed by atoms with E-state index in [1.165, 1.54) is 6.08 Å². The molecule has 0 radical (unpaired) electrons. The number of halogens is 1. The molecule has 0 rings (SSSR count). The van der Waals surface area contributed by atoms with E-state index in [0.29, 0.717) is 0 Å². The average Bonchev–Trinajstić information content (AvgIpc) is 1.82. The Hall–Kier alpha value is -0.540. The molecule has 0 aromatic heterocycles. The minimum Gasteiger partial charge on any atom is -1.00 e. The molecule has 0 spiro atoms. The molecule has 0 heterocycles. The second-order valence-corrected chi connectivity index (χ2v) is 1.82. The Labute approximate surface area is 66.6 Å². The normalized spacial score (nSPS) is 11.0. The van der Waals surface area contributed by atoms with E-state index in [4.69, 9.17) is 0 Å². The van der Waals surface area contributed by atoms with Gasteiger partial charge >= 0.3 is 5.97 Å². The Balaban J connectivity index is 0. The largest absolute Gasteiger partial charge is 1.00 e. The average molecular weight is 166 g/mol. The molecule has 0 saturated heterocycles. The number of esters is 1. The van der Waals surface area contributed by atoms with Gasteiger partial charge in [-0.05, 0) is 6.92 Å². The Kier molecular flexibility index (Phi) is 8.00. The fourth-order valence-corrected chi connectivity index (χ4v) is 0.283. The molecule has 3 nitrogen and oxygen atoms in total. The number of rotatable bonds is 3. The predicted octanol–water partition coefficient (Wildman–Crippen LogP) is -3.65. The lowest BCUT2D eigenvalue weighted by Gasteiger charge is -2.00. The van der Waals surface area contributed by atoms with Crippen LogP contribution in [0.4, 0.5) is 0 Å². The first-order valence-electron chi connectivity index (χ1n) is 2.79. The summed E-state index contributed by atoms with van der Waals surface area (Å²) in [4.78, 5) is 10.6. The third-order valence-electron chi connectivity index (χ3n) is 0.746. The molecular weight excluding hydrogens is 154 g/mol. The molecule has 0 bridgehead atoms. The van der Waals surface area contributed by atoms with Crippen molar-refractivity contribution >= 4 is 5.97 Å². The van der Waals surface area contributed by atoms with E-state index in [9.17, 15) is 4.79 Å². The van der Waals surface area contributed by atoms with Crippen molar-refractivity contribution in [2.24, 2.45) is 0 Å². The van der Waals surface area contributed by atoms with Crippen LogP contribution in [0.2, 0.25) is 0 Å². The van der Waals surface area contributed by atoms with Crippen LogP contribution in [0.25, 0.3) is 0 Å². The van der Waals surface area contributed by atoms with Gasteiger partial charge in [-0.2, -0.15) is 0 Å². The van der Waals surface area contributed by atoms with Crippen LogP contribution >= 0.6 is 0 Å². The third-order valence-corrected chi connectivity index (χ3v) is 0.746. The van der Waals surface area contributed by atoms with Crippen molar-refractivity contribution in [3.8, 4) is 0 Å². The summed E-state index contributed by atoms with van der Waals surface area (Å²) in [6, 6.07) is -0.287. The molecule has 0 unspecified atom stereocenters. The number of carbonyl (C=O) groups is 1. The lowest BCUT2D eigenvalue weighted by Crippen LogP contribution is -3.00. The summed E-state index contributed by atoms with van der Waals surface area (Å²) < 4.78 is 4.63. The Morgan fingerprint density at radius 2 is 2.40 bits per heavy atom. The quantitative estimate of drug-likeness (QED) is 0.347. The fourth-order valence-electron chi connectivity index (χ4n) is 0.283. The van der Waals surface area contributed by atoms with Gasteiger partial charge in [0.25, 0.3) is 0 Å². The van der Waals surface area contributed by atoms with E-state index in [1.54, 1.807) is 6.92 Å². The number of ether oxygens (including phenoxy) is 1. The van der Waals surface area contributed by atoms with E-state index < -0.39 is 0 Å². The highest BCUT2D eigenvalue weighted by Gasteiger charge is 2.09. The number of carbonyl (C=O) groups excluding carboxylic acids is 1. The van der Waals surface area contributed by atoms with Crippen LogP contribution in [0.1, 0.15) is 6.92 Å². The molecule has 0 amide bonds. The standard InChI is InChI=1S/C6H11NO2.ClH/c1-3-4-9-6(8)5(2)7;/h3,5H,1,4,7H2,2H3;1H/t5-;/m0./s1. The monoisotopic (exact) mass is 165 g/mol. The summed E-state index contributed by atoms with van der Waals surface area (Å²) in [5.41, 5.74) is 3.48. The minimum atomic E-state index is -0.287. The summed E-state index contributed by atoms with van der Waals surface area (Å²) in [5.74, 6) is -0.282. The van der Waals surface area contributed by atoms with Gasteiger partial charge in [0.05, 0.1) is 0 Å². The van der Waals surface area contributed by atoms with Gasteiger partial charge in [0.2, 0.25) is 0 Å². The van der Waals surface area contributed by atoms with E-state index >= 15 is 0 Å². The van der Waals surface area contributed by atoms with Crippen LogP contribution in [-0.2, 0) is 9.53 Å². The molecule has 0 fully saturated rings. The maximum atomic E-state index is 10.6. The van der Waals surface area contributed by atoms with Crippen molar-refractivity contribution in [1.82, 2.24) is 0 Å². The highest BCUT2D eigenvalue weighted by molar-refractivity contribution is 5.73. The summed E-state index contributed by atoms with van der Waals surface area (Å²) in [5, 5.41) is 0. The molecular formula is C6H12ClNO2. The van der Waals surface area contributed by atoms with E-state index in [0.717, 1.165) is 0 Å². The maximum Gasteiger partial charge on any atom is 0.364 e. The summed E-state index contributed by atoms with van der Waals surface area (Å²) in [7, 11) is 0. The van der Waals surface area contributed by atoms with Crippen molar-refractivity contribution in [1.29, 1.82) is 0 Å². The highest BCUT2D eigenvalue weighted by Crippen LogP contribution is 1.80. The van der Waals surface area contributed by atoms with Crippen LogP contribution in [0.5, 0.6) is 0 Å². The van der Waals surface area contributed by atoms with Gasteiger partial charge < -0.3 is 22.9 Å². The van der Waals surface area contributed by atoms with E-state index in [-0.39, 0.29) is 31.0 Å². The van der Waals surface area contributed by atoms with E-state index in [1.807, 2.05) is 0 Å². The molecule has 0 saturated carbocycles. The second-order valence-electron chi connectivity index (χ2n) is 1.82. The molecule has 0 aromatic carbocycles. The lowest BCUT2D eigenvalue weighted by molar-refractivity contribution is -0.402. The van der Waals surface area contributed by atoms with Crippen molar-refractivity contribution in [2.45, 2.75) is 13.0 Å². The summed E-state index contributed by atoms with van der Waals surface area (Å²) in [6.07, 6.45) is 1.53. The fraction of sp³-hybridized carbons (Fsp3) is 0.500. The molecule has 3 N–H and O–H groups in total.